The Morgan fingerprint density at radius 3 is 2.73 bits per heavy atom. The Bertz CT molecular complexity index is 817. The summed E-state index contributed by atoms with van der Waals surface area (Å²) in [4.78, 5) is 13.9. The molecule has 1 spiro atoms. The van der Waals surface area contributed by atoms with E-state index in [2.05, 4.69) is 19.9 Å². The molecular weight excluding hydrogens is 302 g/mol. The molecule has 0 unspecified atom stereocenters. The first-order valence-electron chi connectivity index (χ1n) is 7.41. The fourth-order valence-corrected chi connectivity index (χ4v) is 5.17. The summed E-state index contributed by atoms with van der Waals surface area (Å²) in [5.74, 6) is 0.924. The van der Waals surface area contributed by atoms with Gasteiger partial charge < -0.3 is 9.88 Å². The summed E-state index contributed by atoms with van der Waals surface area (Å²) in [7, 11) is -1.32. The van der Waals surface area contributed by atoms with Gasteiger partial charge in [-0.15, -0.1) is 0 Å². The number of hydrogen-bond acceptors (Lipinski definition) is 5. The van der Waals surface area contributed by atoms with Crippen LogP contribution in [0.4, 0.5) is 5.82 Å². The minimum absolute atomic E-state index is 0.181. The van der Waals surface area contributed by atoms with Crippen molar-refractivity contribution >= 4 is 26.9 Å². The number of rotatable bonds is 3. The Balaban J connectivity index is 1.47. The molecule has 0 amide bonds. The average molecular weight is 321 g/mol. The fourth-order valence-electron chi connectivity index (χ4n) is 4.00. The molecule has 2 aliphatic carbocycles. The van der Waals surface area contributed by atoms with E-state index >= 15 is 0 Å². The zero-order chi connectivity index (χ0) is 15.5. The molecule has 2 heterocycles. The Labute approximate surface area is 129 Å². The van der Waals surface area contributed by atoms with Crippen molar-refractivity contribution in [2.45, 2.75) is 37.0 Å². The molecule has 0 saturated heterocycles. The third-order valence-electron chi connectivity index (χ3n) is 5.34. The molecule has 2 saturated carbocycles. The summed E-state index contributed by atoms with van der Waals surface area (Å²) in [5, 5.41) is 5.89. The van der Waals surface area contributed by atoms with Crippen LogP contribution in [-0.2, 0) is 10.0 Å². The molecular formula is C14H19N5O2S. The molecule has 22 heavy (non-hydrogen) atoms. The molecule has 2 aromatic heterocycles. The van der Waals surface area contributed by atoms with Gasteiger partial charge in [0.15, 0.2) is 0 Å². The minimum atomic E-state index is -3.36. The number of aromatic nitrogens is 3. The van der Waals surface area contributed by atoms with Crippen molar-refractivity contribution in [3.05, 3.63) is 18.6 Å². The lowest BCUT2D eigenvalue weighted by Gasteiger charge is -2.59. The number of aromatic amines is 1. The Hall–Kier alpha value is -1.67. The minimum Gasteiger partial charge on any atom is -0.356 e. The molecule has 0 aliphatic heterocycles. The maximum Gasteiger partial charge on any atom is 0.212 e. The highest BCUT2D eigenvalue weighted by atomic mass is 32.2. The monoisotopic (exact) mass is 321 g/mol. The van der Waals surface area contributed by atoms with E-state index in [1.165, 1.54) is 0 Å². The highest BCUT2D eigenvalue weighted by molar-refractivity contribution is 7.89. The van der Waals surface area contributed by atoms with E-state index in [0.717, 1.165) is 29.7 Å². The van der Waals surface area contributed by atoms with E-state index in [1.807, 2.05) is 19.3 Å². The van der Waals surface area contributed by atoms with E-state index in [0.29, 0.717) is 18.9 Å². The summed E-state index contributed by atoms with van der Waals surface area (Å²) < 4.78 is 22.7. The van der Waals surface area contributed by atoms with E-state index in [1.54, 1.807) is 6.33 Å². The third kappa shape index (κ3) is 2.01. The molecule has 3 N–H and O–H groups in total. The van der Waals surface area contributed by atoms with Crippen molar-refractivity contribution < 1.29 is 8.42 Å². The molecule has 2 aromatic rings. The smallest absolute Gasteiger partial charge is 0.212 e. The van der Waals surface area contributed by atoms with Gasteiger partial charge in [-0.25, -0.2) is 23.5 Å². The molecule has 0 bridgehead atoms. The van der Waals surface area contributed by atoms with Crippen LogP contribution in [0.5, 0.6) is 0 Å². The summed E-state index contributed by atoms with van der Waals surface area (Å²) in [6.45, 7) is 0. The van der Waals surface area contributed by atoms with Crippen molar-refractivity contribution in [2.24, 2.45) is 10.6 Å². The largest absolute Gasteiger partial charge is 0.356 e. The molecule has 2 fully saturated rings. The Morgan fingerprint density at radius 1 is 1.32 bits per heavy atom. The first kappa shape index (κ1) is 14.0. The van der Waals surface area contributed by atoms with Crippen LogP contribution < -0.4 is 10.0 Å². The van der Waals surface area contributed by atoms with Crippen LogP contribution >= 0.6 is 0 Å². The topological polar surface area (TPSA) is 105 Å². The van der Waals surface area contributed by atoms with Crippen LogP contribution in [0, 0.1) is 5.41 Å². The number of fused-ring (bicyclic) bond motifs is 1. The van der Waals surface area contributed by atoms with Gasteiger partial charge in [-0.2, -0.15) is 0 Å². The molecule has 2 aliphatic rings. The van der Waals surface area contributed by atoms with Crippen molar-refractivity contribution in [3.8, 4) is 0 Å². The normalized spacial score (nSPS) is 31.0. The number of nitrogens with zero attached hydrogens (tertiary/aromatic N) is 3. The summed E-state index contributed by atoms with van der Waals surface area (Å²) in [5.41, 5.74) is 1.02. The van der Waals surface area contributed by atoms with Crippen LogP contribution in [0.25, 0.3) is 11.0 Å². The summed E-state index contributed by atoms with van der Waals surface area (Å²) in [6.07, 6.45) is 6.86. The highest BCUT2D eigenvalue weighted by Crippen LogP contribution is 2.58. The summed E-state index contributed by atoms with van der Waals surface area (Å²) >= 11 is 0. The number of H-pyrrole nitrogens is 1. The fraction of sp³-hybridized carbons (Fsp3) is 0.571. The number of sulfonamides is 1. The Morgan fingerprint density at radius 2 is 2.05 bits per heavy atom. The predicted octanol–water partition coefficient (Wildman–Crippen LogP) is 0.994. The zero-order valence-electron chi connectivity index (χ0n) is 12.4. The van der Waals surface area contributed by atoms with E-state index in [9.17, 15) is 8.42 Å². The molecule has 8 heteroatoms. The predicted molar refractivity (Wildman–Crippen MR) is 83.9 cm³/mol. The average Bonchev–Trinajstić information content (AvgIpc) is 2.81. The second kappa shape index (κ2) is 4.42. The highest BCUT2D eigenvalue weighted by Gasteiger charge is 2.56. The van der Waals surface area contributed by atoms with Gasteiger partial charge in [0.2, 0.25) is 10.0 Å². The van der Waals surface area contributed by atoms with Gasteiger partial charge >= 0.3 is 0 Å². The molecule has 4 rings (SSSR count). The maximum absolute atomic E-state index is 11.3. The lowest BCUT2D eigenvalue weighted by Crippen LogP contribution is -2.59. The number of nitrogens with two attached hydrogens (primary N) is 1. The standard InChI is InChI=1S/C14H19N5O2S/c1-19(13-11-2-3-16-12(11)17-8-18-13)9-4-14(5-9)6-10(7-14)22(15,20)21/h2-3,8-10H,4-7H2,1H3,(H2,15,20,21)(H,16,17,18). The summed E-state index contributed by atoms with van der Waals surface area (Å²) in [6, 6.07) is 2.38. The molecule has 0 radical (unpaired) electrons. The van der Waals surface area contributed by atoms with Crippen LogP contribution in [0.2, 0.25) is 0 Å². The second-order valence-corrected chi connectivity index (χ2v) is 8.57. The molecule has 0 atom stereocenters. The lowest BCUT2D eigenvalue weighted by atomic mass is 9.53. The van der Waals surface area contributed by atoms with Gasteiger partial charge in [0.1, 0.15) is 17.8 Å². The SMILES string of the molecule is CN(c1ncnc2[nH]ccc12)C1CC2(C1)CC(S(N)(=O)=O)C2. The first-order valence-corrected chi connectivity index (χ1v) is 9.01. The van der Waals surface area contributed by atoms with E-state index in [-0.39, 0.29) is 10.7 Å². The number of hydrogen-bond donors (Lipinski definition) is 2. The van der Waals surface area contributed by atoms with Crippen molar-refractivity contribution in [3.63, 3.8) is 0 Å². The number of anilines is 1. The van der Waals surface area contributed by atoms with Gasteiger partial charge in [-0.05, 0) is 37.2 Å². The Kier molecular flexibility index (Phi) is 2.80. The van der Waals surface area contributed by atoms with E-state index < -0.39 is 10.0 Å². The van der Waals surface area contributed by atoms with Crippen LogP contribution in [0.15, 0.2) is 18.6 Å². The molecule has 7 nitrogen and oxygen atoms in total. The van der Waals surface area contributed by atoms with Gasteiger partial charge in [-0.3, -0.25) is 0 Å². The van der Waals surface area contributed by atoms with Gasteiger partial charge in [0.05, 0.1) is 10.6 Å². The van der Waals surface area contributed by atoms with Crippen molar-refractivity contribution in [2.75, 3.05) is 11.9 Å². The van der Waals surface area contributed by atoms with Gasteiger partial charge in [0, 0.05) is 19.3 Å². The van der Waals surface area contributed by atoms with E-state index in [4.69, 9.17) is 5.14 Å². The molecule has 118 valence electrons. The lowest BCUT2D eigenvalue weighted by molar-refractivity contribution is 0.0138. The number of primary sulfonamides is 1. The third-order valence-corrected chi connectivity index (χ3v) is 6.60. The van der Waals surface area contributed by atoms with Crippen LogP contribution in [0.3, 0.4) is 0 Å². The van der Waals surface area contributed by atoms with Gasteiger partial charge in [0.25, 0.3) is 0 Å². The van der Waals surface area contributed by atoms with Gasteiger partial charge in [-0.1, -0.05) is 0 Å². The molecule has 0 aromatic carbocycles. The second-order valence-electron chi connectivity index (χ2n) is 6.73. The van der Waals surface area contributed by atoms with Crippen LogP contribution in [-0.4, -0.2) is 41.7 Å². The first-order chi connectivity index (χ1) is 10.4. The quantitative estimate of drug-likeness (QED) is 0.877. The zero-order valence-corrected chi connectivity index (χ0v) is 13.2. The van der Waals surface area contributed by atoms with Crippen LogP contribution in [0.1, 0.15) is 25.7 Å². The maximum atomic E-state index is 11.3. The van der Waals surface area contributed by atoms with Crippen molar-refractivity contribution in [1.29, 1.82) is 0 Å². The van der Waals surface area contributed by atoms with Crippen molar-refractivity contribution in [1.82, 2.24) is 15.0 Å². The number of nitrogens with one attached hydrogen (secondary N) is 1.